The van der Waals surface area contributed by atoms with Gasteiger partial charge >= 0.3 is 6.18 Å². The van der Waals surface area contributed by atoms with E-state index in [-0.39, 0.29) is 34.7 Å². The zero-order valence-corrected chi connectivity index (χ0v) is 24.2. The van der Waals surface area contributed by atoms with Crippen LogP contribution < -0.4 is 15.4 Å². The number of anilines is 1. The van der Waals surface area contributed by atoms with Crippen LogP contribution in [0.25, 0.3) is 22.7 Å². The monoisotopic (exact) mass is 626 g/mol. The van der Waals surface area contributed by atoms with Crippen molar-refractivity contribution in [3.63, 3.8) is 0 Å². The smallest absolute Gasteiger partial charge is 0.422 e. The van der Waals surface area contributed by atoms with Gasteiger partial charge in [-0.2, -0.15) is 18.4 Å². The van der Waals surface area contributed by atoms with Crippen molar-refractivity contribution in [3.05, 3.63) is 72.2 Å². The molecule has 5 rings (SSSR count). The highest BCUT2D eigenvalue weighted by molar-refractivity contribution is 7.91. The average Bonchev–Trinajstić information content (AvgIpc) is 3.48. The van der Waals surface area contributed by atoms with Crippen molar-refractivity contribution in [2.75, 3.05) is 17.3 Å². The number of aromatic nitrogens is 3. The molecule has 0 unspecified atom stereocenters. The van der Waals surface area contributed by atoms with Crippen molar-refractivity contribution >= 4 is 21.4 Å². The number of nitriles is 1. The van der Waals surface area contributed by atoms with E-state index in [0.717, 1.165) is 0 Å². The van der Waals surface area contributed by atoms with Crippen molar-refractivity contribution in [2.24, 2.45) is 5.73 Å². The van der Waals surface area contributed by atoms with Crippen LogP contribution in [0.2, 0.25) is 0 Å². The van der Waals surface area contributed by atoms with Gasteiger partial charge in [0.25, 0.3) is 0 Å². The Morgan fingerprint density at radius 2 is 1.80 bits per heavy atom. The van der Waals surface area contributed by atoms with Crippen molar-refractivity contribution < 1.29 is 35.5 Å². The number of sulfone groups is 1. The van der Waals surface area contributed by atoms with Gasteiger partial charge in [0.1, 0.15) is 11.2 Å². The summed E-state index contributed by atoms with van der Waals surface area (Å²) in [5.74, 6) is -1.11. The molecule has 2 N–H and O–H groups in total. The molecule has 3 heterocycles. The van der Waals surface area contributed by atoms with Crippen LogP contribution in [0.4, 0.5) is 18.9 Å². The van der Waals surface area contributed by atoms with Crippen molar-refractivity contribution in [1.29, 1.82) is 5.26 Å². The van der Waals surface area contributed by atoms with E-state index < -0.39 is 45.7 Å². The molecule has 44 heavy (non-hydrogen) atoms. The summed E-state index contributed by atoms with van der Waals surface area (Å²) in [5, 5.41) is 17.4. The van der Waals surface area contributed by atoms with Gasteiger partial charge < -0.3 is 19.8 Å². The second-order valence-electron chi connectivity index (χ2n) is 10.6. The summed E-state index contributed by atoms with van der Waals surface area (Å²) >= 11 is 0. The topological polar surface area (TPSA) is 165 Å². The number of carbonyl (C=O) groups is 1. The summed E-state index contributed by atoms with van der Waals surface area (Å²) in [5.41, 5.74) is 7.14. The maximum absolute atomic E-state index is 13.4. The fourth-order valence-corrected chi connectivity index (χ4v) is 5.97. The first-order valence-corrected chi connectivity index (χ1v) is 14.8. The largest absolute Gasteiger partial charge is 0.483 e. The third-order valence-electron chi connectivity index (χ3n) is 6.78. The summed E-state index contributed by atoms with van der Waals surface area (Å²) in [4.78, 5) is 18.8. The number of pyridine rings is 1. The van der Waals surface area contributed by atoms with Crippen LogP contribution in [0, 0.1) is 11.3 Å². The van der Waals surface area contributed by atoms with Crippen molar-refractivity contribution in [1.82, 2.24) is 15.2 Å². The Morgan fingerprint density at radius 1 is 1.09 bits per heavy atom. The molecule has 0 radical (unpaired) electrons. The summed E-state index contributed by atoms with van der Waals surface area (Å²) in [6.45, 7) is 1.76. The van der Waals surface area contributed by atoms with Crippen LogP contribution >= 0.6 is 0 Å². The molecule has 0 fully saturated rings. The number of ether oxygens (including phenoxy) is 1. The molecule has 0 saturated heterocycles. The van der Waals surface area contributed by atoms with Gasteiger partial charge in [0.05, 0.1) is 46.9 Å². The lowest BCUT2D eigenvalue weighted by Gasteiger charge is -2.24. The minimum absolute atomic E-state index is 0.0303. The average molecular weight is 627 g/mol. The first-order valence-electron chi connectivity index (χ1n) is 13.1. The van der Waals surface area contributed by atoms with E-state index in [2.05, 4.69) is 21.3 Å². The molecule has 1 amide bonds. The molecule has 15 heteroatoms. The van der Waals surface area contributed by atoms with E-state index in [0.29, 0.717) is 22.4 Å². The molecule has 0 aliphatic carbocycles. The summed E-state index contributed by atoms with van der Waals surface area (Å²) in [6.07, 6.45) is -3.28. The highest BCUT2D eigenvalue weighted by Crippen LogP contribution is 2.36. The van der Waals surface area contributed by atoms with Gasteiger partial charge in [-0.1, -0.05) is 24.3 Å². The van der Waals surface area contributed by atoms with Gasteiger partial charge in [-0.25, -0.2) is 8.42 Å². The van der Waals surface area contributed by atoms with E-state index in [9.17, 15) is 31.6 Å². The van der Waals surface area contributed by atoms with Gasteiger partial charge in [-0.15, -0.1) is 10.2 Å². The fraction of sp³-hybridized carbons (Fsp3) is 0.276. The predicted octanol–water partition coefficient (Wildman–Crippen LogP) is 4.19. The van der Waals surface area contributed by atoms with Gasteiger partial charge in [0.2, 0.25) is 17.7 Å². The number of benzene rings is 2. The maximum Gasteiger partial charge on any atom is 0.422 e. The first kappa shape index (κ1) is 30.6. The number of nitrogens with two attached hydrogens (primary N) is 1. The molecule has 1 aliphatic rings. The molecule has 0 saturated carbocycles. The van der Waals surface area contributed by atoms with Crippen molar-refractivity contribution in [2.45, 2.75) is 42.9 Å². The Morgan fingerprint density at radius 3 is 2.43 bits per heavy atom. The molecule has 228 valence electrons. The lowest BCUT2D eigenvalue weighted by molar-refractivity contribution is -0.153. The number of amides is 1. The lowest BCUT2D eigenvalue weighted by atomic mass is 9.96. The second-order valence-corrected chi connectivity index (χ2v) is 12.6. The number of hydrogen-bond acceptors (Lipinski definition) is 10. The Bertz CT molecular complexity index is 1850. The highest BCUT2D eigenvalue weighted by Gasteiger charge is 2.37. The molecule has 0 spiro atoms. The molecular weight excluding hydrogens is 601 g/mol. The molecule has 2 aromatic heterocycles. The SMILES string of the molecule is CC(C)(C#N)c1nnc(-c2ccc3c(c2)N(Cc2ccc(-c4ccc(OCC(F)(F)F)cn4)cc2)C(=O)[C@@H](N)CS3(=O)=O)o1. The Hall–Kier alpha value is -4.81. The van der Waals surface area contributed by atoms with Crippen LogP contribution in [-0.2, 0) is 26.6 Å². The lowest BCUT2D eigenvalue weighted by Crippen LogP contribution is -2.45. The van der Waals surface area contributed by atoms with Crippen LogP contribution in [0.5, 0.6) is 5.75 Å². The Kier molecular flexibility index (Phi) is 7.91. The Balaban J connectivity index is 1.44. The van der Waals surface area contributed by atoms with Gasteiger partial charge in [0.15, 0.2) is 16.4 Å². The highest BCUT2D eigenvalue weighted by atomic mass is 32.2. The summed E-state index contributed by atoms with van der Waals surface area (Å²) < 4.78 is 73.9. The Labute approximate surface area is 250 Å². The second kappa shape index (κ2) is 11.4. The summed E-state index contributed by atoms with van der Waals surface area (Å²) in [7, 11) is -3.94. The molecule has 4 aromatic rings. The molecule has 1 atom stereocenters. The number of rotatable bonds is 7. The van der Waals surface area contributed by atoms with Crippen LogP contribution in [0.15, 0.2) is 70.1 Å². The first-order chi connectivity index (χ1) is 20.7. The zero-order chi connectivity index (χ0) is 31.9. The number of halogens is 3. The molecule has 1 aliphatic heterocycles. The standard InChI is InChI=1S/C29H25F3N6O5S/c1-28(2,15-33)27-37-36-25(43-27)19-7-10-24-23(11-19)38(26(39)21(34)14-44(24,40)41)13-17-3-5-18(6-4-17)22-9-8-20(12-35-22)42-16-29(30,31)32/h3-12,21H,13-14,16,34H2,1-2H3/t21-/m0/s1. The number of hydrogen-bond donors (Lipinski definition) is 1. The molecule has 11 nitrogen and oxygen atoms in total. The van der Waals surface area contributed by atoms with E-state index >= 15 is 0 Å². The molecule has 2 aromatic carbocycles. The summed E-state index contributed by atoms with van der Waals surface area (Å²) in [6, 6.07) is 14.8. The fourth-order valence-electron chi connectivity index (χ4n) is 4.41. The number of alkyl halides is 3. The molecule has 0 bridgehead atoms. The third kappa shape index (κ3) is 6.41. The van der Waals surface area contributed by atoms with Crippen LogP contribution in [0.3, 0.4) is 0 Å². The van der Waals surface area contributed by atoms with E-state index in [1.807, 2.05) is 0 Å². The zero-order valence-electron chi connectivity index (χ0n) is 23.4. The van der Waals surface area contributed by atoms with Crippen LogP contribution in [-0.4, -0.2) is 54.1 Å². The normalized spacial score (nSPS) is 16.6. The third-order valence-corrected chi connectivity index (χ3v) is 8.60. The van der Waals surface area contributed by atoms with E-state index in [1.54, 1.807) is 38.1 Å². The predicted molar refractivity (Wildman–Crippen MR) is 151 cm³/mol. The minimum Gasteiger partial charge on any atom is -0.483 e. The van der Waals surface area contributed by atoms with E-state index in [4.69, 9.17) is 14.9 Å². The quantitative estimate of drug-likeness (QED) is 0.314. The van der Waals surface area contributed by atoms with Gasteiger partial charge in [-0.05, 0) is 49.7 Å². The van der Waals surface area contributed by atoms with E-state index in [1.165, 1.54) is 41.4 Å². The number of nitrogens with zero attached hydrogens (tertiary/aromatic N) is 5. The van der Waals surface area contributed by atoms with Gasteiger partial charge in [0, 0.05) is 11.1 Å². The molecular formula is C29H25F3N6O5S. The number of fused-ring (bicyclic) bond motifs is 1. The van der Waals surface area contributed by atoms with Gasteiger partial charge in [-0.3, -0.25) is 9.78 Å². The van der Waals surface area contributed by atoms with Crippen LogP contribution in [0.1, 0.15) is 25.3 Å². The number of carbonyl (C=O) groups excluding carboxylic acids is 1. The van der Waals surface area contributed by atoms with Crippen molar-refractivity contribution in [3.8, 4) is 34.5 Å². The minimum atomic E-state index is -4.47. The maximum atomic E-state index is 13.4.